The van der Waals surface area contributed by atoms with Crippen LogP contribution < -0.4 is 4.99 Å². The number of fused-ring (bicyclic) bond motifs is 1. The van der Waals surface area contributed by atoms with Crippen LogP contribution in [0.5, 0.6) is 0 Å². The minimum absolute atomic E-state index is 0.409. The van der Waals surface area contributed by atoms with E-state index in [1.807, 2.05) is 79.0 Å². The third kappa shape index (κ3) is 4.14. The lowest BCUT2D eigenvalue weighted by Crippen LogP contribution is -2.07. The number of nitrogens with zero attached hydrogens (tertiary/aromatic N) is 3. The molecule has 0 amide bonds. The molecule has 0 radical (unpaired) electrons. The first-order valence-electron chi connectivity index (χ1n) is 9.54. The number of pyridine rings is 2. The Morgan fingerprint density at radius 3 is 2.35 bits per heavy atom. The van der Waals surface area contributed by atoms with Crippen molar-refractivity contribution in [2.45, 2.75) is 4.90 Å². The summed E-state index contributed by atoms with van der Waals surface area (Å²) < 4.78 is 6.90. The number of aromatic nitrogens is 3. The van der Waals surface area contributed by atoms with Crippen LogP contribution in [-0.4, -0.2) is 14.7 Å². The van der Waals surface area contributed by atoms with Gasteiger partial charge >= 0.3 is 0 Å². The molecule has 0 aliphatic heterocycles. The summed E-state index contributed by atoms with van der Waals surface area (Å²) in [7, 11) is 0. The van der Waals surface area contributed by atoms with Crippen molar-refractivity contribution in [1.82, 2.24) is 14.7 Å². The molecule has 5 aromatic rings. The minimum atomic E-state index is 0.409. The summed E-state index contributed by atoms with van der Waals surface area (Å²) in [6.07, 6.45) is 5.28. The van der Waals surface area contributed by atoms with E-state index in [0.29, 0.717) is 10.8 Å². The van der Waals surface area contributed by atoms with Gasteiger partial charge in [0.1, 0.15) is 5.15 Å². The van der Waals surface area contributed by atoms with Gasteiger partial charge in [0.05, 0.1) is 18.2 Å². The first-order chi connectivity index (χ1) is 15.3. The van der Waals surface area contributed by atoms with Crippen molar-refractivity contribution in [1.29, 1.82) is 0 Å². The predicted octanol–water partition coefficient (Wildman–Crippen LogP) is 6.49. The molecule has 0 bridgehead atoms. The maximum atomic E-state index is 6.39. The van der Waals surface area contributed by atoms with E-state index in [9.17, 15) is 0 Å². The average Bonchev–Trinajstić information content (AvgIpc) is 3.18. The Morgan fingerprint density at radius 1 is 0.806 bits per heavy atom. The van der Waals surface area contributed by atoms with Crippen molar-refractivity contribution in [3.63, 3.8) is 0 Å². The van der Waals surface area contributed by atoms with Gasteiger partial charge in [-0.15, -0.1) is 4.73 Å². The van der Waals surface area contributed by atoms with Crippen molar-refractivity contribution in [2.75, 3.05) is 0 Å². The minimum Gasteiger partial charge on any atom is -0.244 e. The molecule has 0 atom stereocenters. The van der Waals surface area contributed by atoms with Crippen molar-refractivity contribution in [2.24, 2.45) is 0 Å². The van der Waals surface area contributed by atoms with Gasteiger partial charge in [-0.2, -0.15) is 0 Å². The van der Waals surface area contributed by atoms with Crippen LogP contribution in [0, 0.1) is 0 Å². The fourth-order valence-electron chi connectivity index (χ4n) is 3.29. The monoisotopic (exact) mass is 445 g/mol. The molecule has 0 fully saturated rings. The topological polar surface area (TPSA) is 49.2 Å². The highest BCUT2D eigenvalue weighted by Gasteiger charge is 2.17. The lowest BCUT2D eigenvalue weighted by molar-refractivity contribution is -0.188. The molecule has 5 rings (SSSR count). The number of hydrogen-bond donors (Lipinski definition) is 0. The number of halogens is 1. The fourth-order valence-corrected chi connectivity index (χ4v) is 3.95. The van der Waals surface area contributed by atoms with Gasteiger partial charge in [-0.05, 0) is 35.9 Å². The molecule has 0 saturated carbocycles. The van der Waals surface area contributed by atoms with Crippen molar-refractivity contribution in [3.05, 3.63) is 103 Å². The third-order valence-corrected chi connectivity index (χ3v) is 5.65. The quantitative estimate of drug-likeness (QED) is 0.129. The molecule has 7 heteroatoms. The molecule has 0 aliphatic carbocycles. The van der Waals surface area contributed by atoms with E-state index >= 15 is 0 Å². The van der Waals surface area contributed by atoms with Crippen molar-refractivity contribution >= 4 is 34.7 Å². The van der Waals surface area contributed by atoms with E-state index in [4.69, 9.17) is 20.9 Å². The predicted molar refractivity (Wildman–Crippen MR) is 123 cm³/mol. The Bertz CT molecular complexity index is 1330. The molecule has 31 heavy (non-hydrogen) atoms. The molecular weight excluding hydrogens is 430 g/mol. The Kier molecular flexibility index (Phi) is 5.58. The lowest BCUT2D eigenvalue weighted by Gasteiger charge is -2.05. The maximum absolute atomic E-state index is 6.39. The summed E-state index contributed by atoms with van der Waals surface area (Å²) in [5, 5.41) is 1.29. The SMILES string of the molecule is Clc1ncccc1-c1cn(OOSc2ccccc2)c2ncc(-c3ccccc3)cc12. The van der Waals surface area contributed by atoms with Gasteiger partial charge in [-0.25, -0.2) is 15.0 Å². The molecule has 152 valence electrons. The summed E-state index contributed by atoms with van der Waals surface area (Å²) in [4.78, 5) is 15.3. The number of hydrogen-bond acceptors (Lipinski definition) is 5. The van der Waals surface area contributed by atoms with Crippen LogP contribution in [0.4, 0.5) is 0 Å². The van der Waals surface area contributed by atoms with Crippen LogP contribution >= 0.6 is 23.6 Å². The molecule has 0 saturated heterocycles. The van der Waals surface area contributed by atoms with Crippen LogP contribution in [0.15, 0.2) is 102 Å². The highest BCUT2D eigenvalue weighted by atomic mass is 35.5. The van der Waals surface area contributed by atoms with Gasteiger partial charge in [0.2, 0.25) is 0 Å². The molecule has 0 unspecified atom stereocenters. The highest BCUT2D eigenvalue weighted by molar-refractivity contribution is 7.94. The Morgan fingerprint density at radius 2 is 1.58 bits per heavy atom. The number of rotatable bonds is 6. The van der Waals surface area contributed by atoms with Crippen LogP contribution in [0.2, 0.25) is 5.15 Å². The smallest absolute Gasteiger partial charge is 0.179 e. The summed E-state index contributed by atoms with van der Waals surface area (Å²) in [5.74, 6) is 0. The molecule has 0 aliphatic rings. The van der Waals surface area contributed by atoms with E-state index in [2.05, 4.69) is 16.0 Å². The van der Waals surface area contributed by atoms with Gasteiger partial charge in [0, 0.05) is 39.4 Å². The molecule has 5 nitrogen and oxygen atoms in total. The van der Waals surface area contributed by atoms with E-state index in [1.165, 1.54) is 4.73 Å². The summed E-state index contributed by atoms with van der Waals surface area (Å²) >= 11 is 7.52. The summed E-state index contributed by atoms with van der Waals surface area (Å²) in [6.45, 7) is 0. The van der Waals surface area contributed by atoms with Gasteiger partial charge in [0.25, 0.3) is 0 Å². The zero-order valence-corrected chi connectivity index (χ0v) is 17.8. The first-order valence-corrected chi connectivity index (χ1v) is 10.7. The van der Waals surface area contributed by atoms with Gasteiger partial charge in [-0.3, -0.25) is 0 Å². The summed E-state index contributed by atoms with van der Waals surface area (Å²) in [6, 6.07) is 25.6. The Balaban J connectivity index is 1.55. The average molecular weight is 446 g/mol. The van der Waals surface area contributed by atoms with Gasteiger partial charge in [-0.1, -0.05) is 64.5 Å². The highest BCUT2D eigenvalue weighted by Crippen LogP contribution is 2.35. The van der Waals surface area contributed by atoms with E-state index < -0.39 is 0 Å². The van der Waals surface area contributed by atoms with E-state index in [1.54, 1.807) is 12.4 Å². The van der Waals surface area contributed by atoms with Crippen LogP contribution in [0.3, 0.4) is 0 Å². The van der Waals surface area contributed by atoms with E-state index in [0.717, 1.165) is 44.6 Å². The standard InChI is InChI=1S/C24H16ClN3O2S/c25-23-20(12-7-13-26-23)22-16-28(29-30-31-19-10-5-2-6-11-19)24-21(22)14-18(15-27-24)17-8-3-1-4-9-17/h1-16H. The molecule has 3 aromatic heterocycles. The summed E-state index contributed by atoms with van der Waals surface area (Å²) in [5.41, 5.74) is 4.32. The zero-order valence-electron chi connectivity index (χ0n) is 16.2. The third-order valence-electron chi connectivity index (χ3n) is 4.75. The van der Waals surface area contributed by atoms with Crippen molar-refractivity contribution in [3.8, 4) is 22.3 Å². The molecule has 2 aromatic carbocycles. The number of benzene rings is 2. The molecular formula is C24H16ClN3O2S. The Labute approximate surface area is 188 Å². The maximum Gasteiger partial charge on any atom is 0.179 e. The van der Waals surface area contributed by atoms with Gasteiger partial charge in [0.15, 0.2) is 5.65 Å². The van der Waals surface area contributed by atoms with Crippen LogP contribution in [-0.2, 0) is 4.33 Å². The van der Waals surface area contributed by atoms with Crippen molar-refractivity contribution < 1.29 is 9.32 Å². The largest absolute Gasteiger partial charge is 0.244 e. The molecule has 0 N–H and O–H groups in total. The van der Waals surface area contributed by atoms with Gasteiger partial charge < -0.3 is 0 Å². The normalized spacial score (nSPS) is 11.0. The first kappa shape index (κ1) is 19.6. The molecule has 0 spiro atoms. The zero-order chi connectivity index (χ0) is 21.0. The second-order valence-electron chi connectivity index (χ2n) is 6.71. The molecule has 3 heterocycles. The second-order valence-corrected chi connectivity index (χ2v) is 7.84. The fraction of sp³-hybridized carbons (Fsp3) is 0. The second kappa shape index (κ2) is 8.81. The Hall–Kier alpha value is -3.32. The van der Waals surface area contributed by atoms with Crippen LogP contribution in [0.1, 0.15) is 0 Å². The van der Waals surface area contributed by atoms with Crippen LogP contribution in [0.25, 0.3) is 33.3 Å². The lowest BCUT2D eigenvalue weighted by atomic mass is 10.0. The van der Waals surface area contributed by atoms with E-state index in [-0.39, 0.29) is 0 Å².